The van der Waals surface area contributed by atoms with Crippen molar-refractivity contribution in [2.45, 2.75) is 52.1 Å². The molecule has 1 fully saturated rings. The van der Waals surface area contributed by atoms with Crippen molar-refractivity contribution < 1.29 is 4.79 Å². The molecule has 0 bridgehead atoms. The molecule has 1 saturated heterocycles. The van der Waals surface area contributed by atoms with Gasteiger partial charge in [0.25, 0.3) is 0 Å². The molecule has 0 radical (unpaired) electrons. The van der Waals surface area contributed by atoms with Crippen LogP contribution in [-0.4, -0.2) is 29.5 Å². The number of amides is 1. The number of nitrogens with one attached hydrogen (secondary N) is 1. The maximum absolute atomic E-state index is 10.9. The fraction of sp³-hybridized carbons (Fsp3) is 0.909. The van der Waals surface area contributed by atoms with Crippen LogP contribution < -0.4 is 11.2 Å². The van der Waals surface area contributed by atoms with Gasteiger partial charge in [0.2, 0.25) is 5.91 Å². The molecule has 3 unspecified atom stereocenters. The molecular formula is C11H23N3O. The molecule has 88 valence electrons. The average Bonchev–Trinajstić information content (AvgIpc) is 2.16. The molecule has 0 saturated carbocycles. The van der Waals surface area contributed by atoms with Crippen molar-refractivity contribution >= 4 is 5.91 Å². The van der Waals surface area contributed by atoms with Crippen LogP contribution in [-0.2, 0) is 4.79 Å². The van der Waals surface area contributed by atoms with Crippen LogP contribution >= 0.6 is 0 Å². The molecular weight excluding hydrogens is 190 g/mol. The van der Waals surface area contributed by atoms with E-state index in [2.05, 4.69) is 24.3 Å². The van der Waals surface area contributed by atoms with Crippen molar-refractivity contribution in [2.75, 3.05) is 6.54 Å². The lowest BCUT2D eigenvalue weighted by Crippen LogP contribution is -2.53. The molecule has 0 aliphatic carbocycles. The van der Waals surface area contributed by atoms with Crippen molar-refractivity contribution in [2.24, 2.45) is 11.7 Å². The Morgan fingerprint density at radius 1 is 1.47 bits per heavy atom. The molecule has 4 nitrogen and oxygen atoms in total. The number of nitrogens with zero attached hydrogens (tertiary/aromatic N) is 1. The highest BCUT2D eigenvalue weighted by molar-refractivity contribution is 5.76. The van der Waals surface area contributed by atoms with Gasteiger partial charge >= 0.3 is 0 Å². The summed E-state index contributed by atoms with van der Waals surface area (Å²) in [7, 11) is 0. The quantitative estimate of drug-likeness (QED) is 0.728. The highest BCUT2D eigenvalue weighted by Crippen LogP contribution is 2.20. The Labute approximate surface area is 92.2 Å². The molecule has 1 aliphatic heterocycles. The second kappa shape index (κ2) is 5.47. The second-order valence-corrected chi connectivity index (χ2v) is 4.70. The summed E-state index contributed by atoms with van der Waals surface area (Å²) in [6, 6.07) is 1.10. The summed E-state index contributed by atoms with van der Waals surface area (Å²) in [5.74, 6) is -0.342. The Balaban J connectivity index is 2.38. The van der Waals surface area contributed by atoms with Crippen LogP contribution in [0.3, 0.4) is 0 Å². The number of rotatable bonds is 4. The minimum atomic E-state index is -0.236. The van der Waals surface area contributed by atoms with Gasteiger partial charge in [-0.2, -0.15) is 0 Å². The summed E-state index contributed by atoms with van der Waals surface area (Å²) in [6.07, 6.45) is 3.75. The summed E-state index contributed by atoms with van der Waals surface area (Å²) in [6.45, 7) is 6.94. The van der Waals surface area contributed by atoms with Gasteiger partial charge in [-0.1, -0.05) is 13.3 Å². The zero-order valence-corrected chi connectivity index (χ0v) is 9.99. The second-order valence-electron chi connectivity index (χ2n) is 4.70. The molecule has 0 spiro atoms. The van der Waals surface area contributed by atoms with Crippen molar-refractivity contribution in [3.8, 4) is 0 Å². The fourth-order valence-electron chi connectivity index (χ4n) is 2.08. The van der Waals surface area contributed by atoms with Crippen molar-refractivity contribution in [1.29, 1.82) is 0 Å². The normalized spacial score (nSPS) is 30.1. The van der Waals surface area contributed by atoms with Crippen LogP contribution in [0.1, 0.15) is 40.0 Å². The number of nitrogens with two attached hydrogens (primary N) is 1. The van der Waals surface area contributed by atoms with Crippen LogP contribution in [0.4, 0.5) is 0 Å². The van der Waals surface area contributed by atoms with Crippen molar-refractivity contribution in [1.82, 2.24) is 10.4 Å². The van der Waals surface area contributed by atoms with E-state index in [0.29, 0.717) is 18.6 Å². The van der Waals surface area contributed by atoms with E-state index in [-0.39, 0.29) is 11.8 Å². The number of hydrazine groups is 1. The monoisotopic (exact) mass is 213 g/mol. The standard InChI is InChI=1S/C11H23N3O/c1-8(11(12)15)7-13-14-9(2)5-4-6-10(14)3/h8-10,13H,4-7H2,1-3H3,(H2,12,15). The molecule has 15 heavy (non-hydrogen) atoms. The third-order valence-corrected chi connectivity index (χ3v) is 3.26. The summed E-state index contributed by atoms with van der Waals surface area (Å²) in [5.41, 5.74) is 8.56. The van der Waals surface area contributed by atoms with E-state index in [1.165, 1.54) is 19.3 Å². The van der Waals surface area contributed by atoms with E-state index in [1.54, 1.807) is 0 Å². The van der Waals surface area contributed by atoms with Gasteiger partial charge in [0, 0.05) is 24.5 Å². The van der Waals surface area contributed by atoms with Gasteiger partial charge in [0.05, 0.1) is 0 Å². The lowest BCUT2D eigenvalue weighted by molar-refractivity contribution is -0.121. The van der Waals surface area contributed by atoms with Crippen LogP contribution in [0.5, 0.6) is 0 Å². The van der Waals surface area contributed by atoms with Crippen LogP contribution in [0, 0.1) is 5.92 Å². The molecule has 1 aliphatic rings. The van der Waals surface area contributed by atoms with Crippen LogP contribution in [0.25, 0.3) is 0 Å². The van der Waals surface area contributed by atoms with Gasteiger partial charge in [-0.25, -0.2) is 5.01 Å². The van der Waals surface area contributed by atoms with Gasteiger partial charge in [0.1, 0.15) is 0 Å². The molecule has 3 atom stereocenters. The van der Waals surface area contributed by atoms with E-state index in [0.717, 1.165) is 0 Å². The maximum atomic E-state index is 10.9. The van der Waals surface area contributed by atoms with Gasteiger partial charge < -0.3 is 5.73 Å². The molecule has 1 rings (SSSR count). The molecule has 0 aromatic rings. The number of primary amides is 1. The Morgan fingerprint density at radius 2 is 2.00 bits per heavy atom. The highest BCUT2D eigenvalue weighted by Gasteiger charge is 2.24. The SMILES string of the molecule is CC(CNN1C(C)CCCC1C)C(N)=O. The molecule has 1 heterocycles. The molecule has 0 aromatic carbocycles. The van der Waals surface area contributed by atoms with Gasteiger partial charge in [-0.05, 0) is 26.7 Å². The van der Waals surface area contributed by atoms with Crippen molar-refractivity contribution in [3.05, 3.63) is 0 Å². The minimum Gasteiger partial charge on any atom is -0.369 e. The Bertz CT molecular complexity index is 210. The van der Waals surface area contributed by atoms with E-state index in [4.69, 9.17) is 5.73 Å². The predicted molar refractivity (Wildman–Crippen MR) is 61.0 cm³/mol. The summed E-state index contributed by atoms with van der Waals surface area (Å²) >= 11 is 0. The van der Waals surface area contributed by atoms with Crippen LogP contribution in [0.15, 0.2) is 0 Å². The van der Waals surface area contributed by atoms with Crippen molar-refractivity contribution in [3.63, 3.8) is 0 Å². The molecule has 1 amide bonds. The first-order valence-electron chi connectivity index (χ1n) is 5.83. The average molecular weight is 213 g/mol. The number of hydrogen-bond donors (Lipinski definition) is 2. The molecule has 3 N–H and O–H groups in total. The minimum absolute atomic E-state index is 0.105. The summed E-state index contributed by atoms with van der Waals surface area (Å²) in [4.78, 5) is 10.9. The fourth-order valence-corrected chi connectivity index (χ4v) is 2.08. The first-order valence-corrected chi connectivity index (χ1v) is 5.83. The van der Waals surface area contributed by atoms with Gasteiger partial charge in [-0.3, -0.25) is 10.2 Å². The van der Waals surface area contributed by atoms with E-state index < -0.39 is 0 Å². The molecule has 0 aromatic heterocycles. The maximum Gasteiger partial charge on any atom is 0.221 e. The predicted octanol–water partition coefficient (Wildman–Crippen LogP) is 0.875. The Hall–Kier alpha value is -0.610. The number of piperidine rings is 1. The third kappa shape index (κ3) is 3.47. The Morgan fingerprint density at radius 3 is 2.47 bits per heavy atom. The summed E-state index contributed by atoms with van der Waals surface area (Å²) in [5, 5.41) is 2.27. The Kier molecular flexibility index (Phi) is 4.54. The van der Waals surface area contributed by atoms with E-state index in [1.807, 2.05) is 6.92 Å². The zero-order valence-electron chi connectivity index (χ0n) is 9.99. The van der Waals surface area contributed by atoms with E-state index in [9.17, 15) is 4.79 Å². The number of hydrogen-bond acceptors (Lipinski definition) is 3. The third-order valence-electron chi connectivity index (χ3n) is 3.26. The van der Waals surface area contributed by atoms with Gasteiger partial charge in [0.15, 0.2) is 0 Å². The zero-order chi connectivity index (χ0) is 11.4. The molecule has 4 heteroatoms. The number of carbonyl (C=O) groups excluding carboxylic acids is 1. The lowest BCUT2D eigenvalue weighted by Gasteiger charge is -2.39. The first kappa shape index (κ1) is 12.5. The summed E-state index contributed by atoms with van der Waals surface area (Å²) < 4.78 is 0. The largest absolute Gasteiger partial charge is 0.369 e. The first-order chi connectivity index (χ1) is 7.02. The van der Waals surface area contributed by atoms with Crippen LogP contribution in [0.2, 0.25) is 0 Å². The number of carbonyl (C=O) groups is 1. The van der Waals surface area contributed by atoms with E-state index >= 15 is 0 Å². The van der Waals surface area contributed by atoms with Gasteiger partial charge in [-0.15, -0.1) is 0 Å². The topological polar surface area (TPSA) is 58.4 Å². The lowest BCUT2D eigenvalue weighted by atomic mass is 10.00. The smallest absolute Gasteiger partial charge is 0.221 e. The highest BCUT2D eigenvalue weighted by atomic mass is 16.1.